The number of halogens is 1. The molecular weight excluding hydrogens is 442 g/mol. The Morgan fingerprint density at radius 2 is 1.65 bits per heavy atom. The van der Waals surface area contributed by atoms with E-state index in [-0.39, 0.29) is 6.03 Å². The zero-order valence-electron chi connectivity index (χ0n) is 19.9. The maximum absolute atomic E-state index is 13.1. The monoisotopic (exact) mass is 475 g/mol. The first-order valence-corrected chi connectivity index (χ1v) is 12.6. The highest BCUT2D eigenvalue weighted by atomic mass is 35.5. The van der Waals surface area contributed by atoms with Crippen LogP contribution in [0, 0.1) is 12.8 Å². The Bertz CT molecular complexity index is 1030. The van der Waals surface area contributed by atoms with E-state index in [2.05, 4.69) is 59.6 Å². The first-order chi connectivity index (χ1) is 16.6. The standard InChI is InChI=1S/C29H34ClN3O/c1-23-8-14-28(15-9-23)33(29(34)31-27-12-10-26(30)11-13-27)19-5-18-32-20-16-25(17-21-32)22-24-6-3-2-4-7-24/h2-4,6-15,25H,5,16-22H2,1H3,(H,31,34). The third kappa shape index (κ3) is 7.09. The van der Waals surface area contributed by atoms with E-state index in [1.165, 1.54) is 30.4 Å². The van der Waals surface area contributed by atoms with Gasteiger partial charge in [0.05, 0.1) is 0 Å². The van der Waals surface area contributed by atoms with Gasteiger partial charge in [-0.05, 0) is 100 Å². The Morgan fingerprint density at radius 1 is 0.971 bits per heavy atom. The van der Waals surface area contributed by atoms with Crippen molar-refractivity contribution in [3.8, 4) is 0 Å². The SMILES string of the molecule is Cc1ccc(N(CCCN2CCC(Cc3ccccc3)CC2)C(=O)Nc2ccc(Cl)cc2)cc1. The summed E-state index contributed by atoms with van der Waals surface area (Å²) < 4.78 is 0. The van der Waals surface area contributed by atoms with E-state index in [0.717, 1.165) is 43.3 Å². The van der Waals surface area contributed by atoms with E-state index in [0.29, 0.717) is 11.6 Å². The number of hydrogen-bond acceptors (Lipinski definition) is 2. The predicted octanol–water partition coefficient (Wildman–Crippen LogP) is 7.03. The Balaban J connectivity index is 1.29. The smallest absolute Gasteiger partial charge is 0.308 e. The van der Waals surface area contributed by atoms with Crippen LogP contribution in [0.15, 0.2) is 78.9 Å². The van der Waals surface area contributed by atoms with Crippen molar-refractivity contribution in [2.24, 2.45) is 5.92 Å². The highest BCUT2D eigenvalue weighted by Crippen LogP contribution is 2.23. The molecule has 4 rings (SSSR count). The number of nitrogens with zero attached hydrogens (tertiary/aromatic N) is 2. The van der Waals surface area contributed by atoms with Gasteiger partial charge in [0.25, 0.3) is 0 Å². The number of hydrogen-bond donors (Lipinski definition) is 1. The minimum atomic E-state index is -0.118. The van der Waals surface area contributed by atoms with Gasteiger partial charge in [-0.2, -0.15) is 0 Å². The molecule has 3 aromatic rings. The van der Waals surface area contributed by atoms with Crippen molar-refractivity contribution in [2.45, 2.75) is 32.6 Å². The Labute approximate surface area is 208 Å². The fourth-order valence-electron chi connectivity index (χ4n) is 4.61. The number of amides is 2. The van der Waals surface area contributed by atoms with Crippen molar-refractivity contribution >= 4 is 29.0 Å². The zero-order chi connectivity index (χ0) is 23.8. The second-order valence-electron chi connectivity index (χ2n) is 9.25. The van der Waals surface area contributed by atoms with Crippen molar-refractivity contribution in [2.75, 3.05) is 36.4 Å². The van der Waals surface area contributed by atoms with Crippen LogP contribution in [0.3, 0.4) is 0 Å². The van der Waals surface area contributed by atoms with Crippen LogP contribution in [0.25, 0.3) is 0 Å². The second kappa shape index (κ2) is 12.0. The first-order valence-electron chi connectivity index (χ1n) is 12.2. The van der Waals surface area contributed by atoms with E-state index in [9.17, 15) is 4.79 Å². The summed E-state index contributed by atoms with van der Waals surface area (Å²) in [5.74, 6) is 0.771. The molecule has 1 heterocycles. The van der Waals surface area contributed by atoms with E-state index < -0.39 is 0 Å². The summed E-state index contributed by atoms with van der Waals surface area (Å²) in [6, 6.07) is 26.1. The van der Waals surface area contributed by atoms with Crippen LogP contribution in [-0.4, -0.2) is 37.1 Å². The summed E-state index contributed by atoms with van der Waals surface area (Å²) >= 11 is 5.99. The molecule has 0 saturated carbocycles. The molecule has 0 atom stereocenters. The molecule has 3 aromatic carbocycles. The molecule has 5 heteroatoms. The molecule has 1 saturated heterocycles. The third-order valence-corrected chi connectivity index (χ3v) is 6.87. The number of piperidine rings is 1. The van der Waals surface area contributed by atoms with Crippen LogP contribution in [0.5, 0.6) is 0 Å². The van der Waals surface area contributed by atoms with Crippen LogP contribution in [0.1, 0.15) is 30.4 Å². The van der Waals surface area contributed by atoms with Gasteiger partial charge >= 0.3 is 6.03 Å². The minimum Gasteiger partial charge on any atom is -0.308 e. The molecular formula is C29H34ClN3O. The molecule has 1 aliphatic heterocycles. The summed E-state index contributed by atoms with van der Waals surface area (Å²) in [6.45, 7) is 6.02. The zero-order valence-corrected chi connectivity index (χ0v) is 20.7. The van der Waals surface area contributed by atoms with Gasteiger partial charge in [0.1, 0.15) is 0 Å². The lowest BCUT2D eigenvalue weighted by atomic mass is 9.90. The van der Waals surface area contributed by atoms with Crippen LogP contribution in [0.2, 0.25) is 5.02 Å². The number of likely N-dealkylation sites (tertiary alicyclic amines) is 1. The lowest BCUT2D eigenvalue weighted by molar-refractivity contribution is 0.183. The summed E-state index contributed by atoms with van der Waals surface area (Å²) in [7, 11) is 0. The number of benzene rings is 3. The number of anilines is 2. The molecule has 178 valence electrons. The second-order valence-corrected chi connectivity index (χ2v) is 9.69. The average molecular weight is 476 g/mol. The van der Waals surface area contributed by atoms with Crippen molar-refractivity contribution in [3.05, 3.63) is 95.0 Å². The van der Waals surface area contributed by atoms with Gasteiger partial charge in [0.15, 0.2) is 0 Å². The molecule has 0 spiro atoms. The van der Waals surface area contributed by atoms with Gasteiger partial charge in [-0.25, -0.2) is 4.79 Å². The quantitative estimate of drug-likeness (QED) is 0.379. The maximum Gasteiger partial charge on any atom is 0.326 e. The first kappa shape index (κ1) is 24.3. The van der Waals surface area contributed by atoms with E-state index in [1.54, 1.807) is 12.1 Å². The number of rotatable bonds is 8. The molecule has 1 fully saturated rings. The van der Waals surface area contributed by atoms with Crippen LogP contribution < -0.4 is 10.2 Å². The van der Waals surface area contributed by atoms with Crippen molar-refractivity contribution in [1.29, 1.82) is 0 Å². The van der Waals surface area contributed by atoms with E-state index >= 15 is 0 Å². The number of nitrogens with one attached hydrogen (secondary N) is 1. The number of aryl methyl sites for hydroxylation is 1. The summed E-state index contributed by atoms with van der Waals surface area (Å²) in [5.41, 5.74) is 4.28. The normalized spacial score (nSPS) is 14.6. The van der Waals surface area contributed by atoms with Gasteiger partial charge in [-0.1, -0.05) is 59.6 Å². The van der Waals surface area contributed by atoms with Gasteiger partial charge in [0, 0.05) is 22.9 Å². The number of carbonyl (C=O) groups excluding carboxylic acids is 1. The Morgan fingerprint density at radius 3 is 2.32 bits per heavy atom. The van der Waals surface area contributed by atoms with Gasteiger partial charge in [-0.15, -0.1) is 0 Å². The molecule has 0 aromatic heterocycles. The van der Waals surface area contributed by atoms with E-state index in [1.807, 2.05) is 29.2 Å². The molecule has 2 amide bonds. The predicted molar refractivity (Wildman–Crippen MR) is 143 cm³/mol. The molecule has 34 heavy (non-hydrogen) atoms. The highest BCUT2D eigenvalue weighted by Gasteiger charge is 2.21. The summed E-state index contributed by atoms with van der Waals surface area (Å²) in [4.78, 5) is 17.5. The largest absolute Gasteiger partial charge is 0.326 e. The molecule has 0 radical (unpaired) electrons. The Hall–Kier alpha value is -2.82. The summed E-state index contributed by atoms with van der Waals surface area (Å²) in [6.07, 6.45) is 4.60. The van der Waals surface area contributed by atoms with E-state index in [4.69, 9.17) is 11.6 Å². The lowest BCUT2D eigenvalue weighted by Crippen LogP contribution is -2.39. The van der Waals surface area contributed by atoms with Crippen LogP contribution in [-0.2, 0) is 6.42 Å². The topological polar surface area (TPSA) is 35.6 Å². The molecule has 0 aliphatic carbocycles. The third-order valence-electron chi connectivity index (χ3n) is 6.62. The van der Waals surface area contributed by atoms with Crippen molar-refractivity contribution in [1.82, 2.24) is 4.90 Å². The van der Waals surface area contributed by atoms with Crippen molar-refractivity contribution < 1.29 is 4.79 Å². The van der Waals surface area contributed by atoms with Gasteiger partial charge in [0.2, 0.25) is 0 Å². The van der Waals surface area contributed by atoms with Crippen LogP contribution in [0.4, 0.5) is 16.2 Å². The molecule has 4 nitrogen and oxygen atoms in total. The number of carbonyl (C=O) groups is 1. The van der Waals surface area contributed by atoms with Gasteiger partial charge < -0.3 is 10.2 Å². The number of urea groups is 1. The Kier molecular flexibility index (Phi) is 8.62. The molecule has 0 unspecified atom stereocenters. The minimum absolute atomic E-state index is 0.118. The molecule has 1 aliphatic rings. The molecule has 1 N–H and O–H groups in total. The van der Waals surface area contributed by atoms with Gasteiger partial charge in [-0.3, -0.25) is 4.90 Å². The fourth-order valence-corrected chi connectivity index (χ4v) is 4.74. The van der Waals surface area contributed by atoms with Crippen LogP contribution >= 0.6 is 11.6 Å². The fraction of sp³-hybridized carbons (Fsp3) is 0.345. The molecule has 0 bridgehead atoms. The summed E-state index contributed by atoms with van der Waals surface area (Å²) in [5, 5.41) is 3.67. The maximum atomic E-state index is 13.1. The van der Waals surface area contributed by atoms with Crippen molar-refractivity contribution in [3.63, 3.8) is 0 Å². The lowest BCUT2D eigenvalue weighted by Gasteiger charge is -2.32. The average Bonchev–Trinajstić information content (AvgIpc) is 2.86. The highest BCUT2D eigenvalue weighted by molar-refractivity contribution is 6.30.